The van der Waals surface area contributed by atoms with Gasteiger partial charge >= 0.3 is 11.9 Å². The van der Waals surface area contributed by atoms with E-state index >= 15 is 0 Å². The third-order valence-electron chi connectivity index (χ3n) is 8.79. The molecule has 0 N–H and O–H groups in total. The highest BCUT2D eigenvalue weighted by molar-refractivity contribution is 5.77. The number of unbranched alkanes of at least 4 members (excludes halogenated alkanes) is 22. The summed E-state index contributed by atoms with van der Waals surface area (Å²) >= 11 is 0. The zero-order valence-electron chi connectivity index (χ0n) is 32.1. The summed E-state index contributed by atoms with van der Waals surface area (Å²) in [4.78, 5) is 24.3. The fourth-order valence-corrected chi connectivity index (χ4v) is 5.56. The number of quaternary nitrogens is 1. The van der Waals surface area contributed by atoms with Gasteiger partial charge in [-0.1, -0.05) is 155 Å². The number of hydrogen-bond donors (Lipinski definition) is 0. The normalized spacial score (nSPS) is 12.4. The smallest absolute Gasteiger partial charge is 0.306 e. The predicted octanol–water partition coefficient (Wildman–Crippen LogP) is 10.4. The van der Waals surface area contributed by atoms with Gasteiger partial charge in [0.05, 0.1) is 40.6 Å². The Bertz CT molecular complexity index is 680. The summed E-state index contributed by atoms with van der Waals surface area (Å²) < 4.78 is 23.5. The van der Waals surface area contributed by atoms with Gasteiger partial charge in [0.15, 0.2) is 0 Å². The minimum absolute atomic E-state index is 0.0222. The van der Waals surface area contributed by atoms with E-state index in [-0.39, 0.29) is 31.5 Å². The first-order valence-electron chi connectivity index (χ1n) is 20.1. The van der Waals surface area contributed by atoms with Gasteiger partial charge in [-0.3, -0.25) is 9.59 Å². The van der Waals surface area contributed by atoms with Crippen molar-refractivity contribution in [3.05, 3.63) is 0 Å². The molecule has 0 saturated heterocycles. The summed E-state index contributed by atoms with van der Waals surface area (Å²) in [6.07, 6.45) is 31.3. The van der Waals surface area contributed by atoms with Crippen molar-refractivity contribution in [1.29, 1.82) is 0 Å². The molecule has 7 heteroatoms. The van der Waals surface area contributed by atoms with Crippen LogP contribution < -0.4 is 0 Å². The maximum atomic E-state index is 12.3. The first-order chi connectivity index (χ1) is 22.8. The van der Waals surface area contributed by atoms with E-state index in [4.69, 9.17) is 18.9 Å². The van der Waals surface area contributed by atoms with Gasteiger partial charge in [-0.05, 0) is 12.8 Å². The van der Waals surface area contributed by atoms with E-state index in [1.54, 1.807) is 0 Å². The van der Waals surface area contributed by atoms with Crippen molar-refractivity contribution >= 4 is 11.9 Å². The quantitative estimate of drug-likeness (QED) is 0.0372. The van der Waals surface area contributed by atoms with Crippen molar-refractivity contribution < 1.29 is 33.0 Å². The summed E-state index contributed by atoms with van der Waals surface area (Å²) in [5, 5.41) is 0. The zero-order valence-corrected chi connectivity index (χ0v) is 32.1. The number of nitrogens with zero attached hydrogens (tertiary/aromatic N) is 1. The lowest BCUT2D eigenvalue weighted by molar-refractivity contribution is -0.870. The molecule has 7 nitrogen and oxygen atoms in total. The average molecular weight is 671 g/mol. The molecule has 47 heavy (non-hydrogen) atoms. The molecular formula is C40H80NO6+. The van der Waals surface area contributed by atoms with Gasteiger partial charge in [0.2, 0.25) is 0 Å². The predicted molar refractivity (Wildman–Crippen MR) is 197 cm³/mol. The van der Waals surface area contributed by atoms with Crippen molar-refractivity contribution in [2.24, 2.45) is 0 Å². The lowest BCUT2D eigenvalue weighted by atomic mass is 10.1. The molecule has 0 aliphatic rings. The molecule has 0 aliphatic heterocycles. The van der Waals surface area contributed by atoms with Crippen LogP contribution in [0.25, 0.3) is 0 Å². The molecular weight excluding hydrogens is 590 g/mol. The van der Waals surface area contributed by atoms with Crippen LogP contribution in [0.2, 0.25) is 0 Å². The number of ether oxygens (including phenoxy) is 4. The van der Waals surface area contributed by atoms with Gasteiger partial charge < -0.3 is 23.4 Å². The minimum atomic E-state index is -0.395. The second-order valence-corrected chi connectivity index (χ2v) is 14.8. The fraction of sp³-hybridized carbons (Fsp3) is 0.950. The van der Waals surface area contributed by atoms with E-state index in [0.29, 0.717) is 26.4 Å². The third kappa shape index (κ3) is 37.5. The van der Waals surface area contributed by atoms with Crippen LogP contribution in [0, 0.1) is 0 Å². The van der Waals surface area contributed by atoms with Crippen molar-refractivity contribution in [2.45, 2.75) is 187 Å². The Morgan fingerprint density at radius 1 is 0.468 bits per heavy atom. The maximum Gasteiger partial charge on any atom is 0.306 e. The first-order valence-corrected chi connectivity index (χ1v) is 20.1. The van der Waals surface area contributed by atoms with Gasteiger partial charge in [0.1, 0.15) is 25.9 Å². The van der Waals surface area contributed by atoms with E-state index in [0.717, 1.165) is 23.9 Å². The largest absolute Gasteiger partial charge is 0.463 e. The number of carbonyl (C=O) groups is 2. The minimum Gasteiger partial charge on any atom is -0.463 e. The highest BCUT2D eigenvalue weighted by atomic mass is 16.6. The molecule has 0 heterocycles. The molecule has 0 aliphatic carbocycles. The number of hydrogen-bond acceptors (Lipinski definition) is 6. The highest BCUT2D eigenvalue weighted by Gasteiger charge is 2.16. The first kappa shape index (κ1) is 45.8. The second kappa shape index (κ2) is 34.7. The summed E-state index contributed by atoms with van der Waals surface area (Å²) in [5.74, 6) is -0.755. The van der Waals surface area contributed by atoms with Crippen LogP contribution in [-0.4, -0.2) is 83.2 Å². The van der Waals surface area contributed by atoms with E-state index in [9.17, 15) is 9.59 Å². The number of esters is 2. The van der Waals surface area contributed by atoms with Crippen LogP contribution in [0.3, 0.4) is 0 Å². The molecule has 280 valence electrons. The summed E-state index contributed by atoms with van der Waals surface area (Å²) in [6.45, 7) is 7.57. The molecule has 0 bridgehead atoms. The van der Waals surface area contributed by atoms with Crippen molar-refractivity contribution in [1.82, 2.24) is 0 Å². The molecule has 0 spiro atoms. The van der Waals surface area contributed by atoms with Crippen LogP contribution in [0.1, 0.15) is 181 Å². The van der Waals surface area contributed by atoms with Gasteiger partial charge in [-0.25, -0.2) is 0 Å². The molecule has 0 aromatic carbocycles. The standard InChI is InChI=1S/C40H80NO6/c1-6-8-10-12-14-16-18-20-22-24-26-28-33-44-36-38(37-47-40(43)31-30-39(42)46-35-32-41(3,4)5)45-34-29-27-25-23-21-19-17-15-13-11-9-7-2/h38H,6-37H2,1-5H3/q+1/t38-/m1/s1. The topological polar surface area (TPSA) is 71.1 Å². The number of rotatable bonds is 37. The molecule has 0 fully saturated rings. The van der Waals surface area contributed by atoms with Crippen molar-refractivity contribution in [2.75, 3.05) is 60.7 Å². The third-order valence-corrected chi connectivity index (χ3v) is 8.79. The Labute approximate surface area is 292 Å². The highest BCUT2D eigenvalue weighted by Crippen LogP contribution is 2.14. The van der Waals surface area contributed by atoms with Gasteiger partial charge in [0, 0.05) is 13.2 Å². The summed E-state index contributed by atoms with van der Waals surface area (Å²) in [5.41, 5.74) is 0. The molecule has 0 rings (SSSR count). The molecule has 0 saturated carbocycles. The van der Waals surface area contributed by atoms with Gasteiger partial charge in [-0.2, -0.15) is 0 Å². The number of carbonyl (C=O) groups excluding carboxylic acids is 2. The van der Waals surface area contributed by atoms with Crippen LogP contribution in [0.5, 0.6) is 0 Å². The van der Waals surface area contributed by atoms with Crippen molar-refractivity contribution in [3.8, 4) is 0 Å². The van der Waals surface area contributed by atoms with E-state index in [1.165, 1.54) is 141 Å². The van der Waals surface area contributed by atoms with Crippen LogP contribution in [0.15, 0.2) is 0 Å². The molecule has 0 aromatic heterocycles. The molecule has 0 unspecified atom stereocenters. The molecule has 0 amide bonds. The Morgan fingerprint density at radius 2 is 0.851 bits per heavy atom. The Balaban J connectivity index is 4.17. The molecule has 1 atom stereocenters. The van der Waals surface area contributed by atoms with Crippen LogP contribution in [-0.2, 0) is 28.5 Å². The molecule has 0 radical (unpaired) electrons. The molecule has 0 aromatic rings. The van der Waals surface area contributed by atoms with E-state index in [1.807, 2.05) is 21.1 Å². The summed E-state index contributed by atoms with van der Waals surface area (Å²) in [6, 6.07) is 0. The Kier molecular flexibility index (Phi) is 33.8. The lowest BCUT2D eigenvalue weighted by Crippen LogP contribution is -2.38. The van der Waals surface area contributed by atoms with Gasteiger partial charge in [0.25, 0.3) is 0 Å². The lowest BCUT2D eigenvalue weighted by Gasteiger charge is -2.23. The number of likely N-dealkylation sites (N-methyl/N-ethyl adjacent to an activating group) is 1. The fourth-order valence-electron chi connectivity index (χ4n) is 5.56. The van der Waals surface area contributed by atoms with Crippen LogP contribution in [0.4, 0.5) is 0 Å². The average Bonchev–Trinajstić information content (AvgIpc) is 3.03. The van der Waals surface area contributed by atoms with Crippen molar-refractivity contribution in [3.63, 3.8) is 0 Å². The Morgan fingerprint density at radius 3 is 1.28 bits per heavy atom. The maximum absolute atomic E-state index is 12.3. The van der Waals surface area contributed by atoms with E-state index < -0.39 is 5.97 Å². The van der Waals surface area contributed by atoms with Gasteiger partial charge in [-0.15, -0.1) is 0 Å². The Hall–Kier alpha value is -1.18. The SMILES string of the molecule is CCCCCCCCCCCCCCOC[C@H](COC(=O)CCC(=O)OCC[N+](C)(C)C)OCCCCCCCCCCCCCC. The van der Waals surface area contributed by atoms with Crippen LogP contribution >= 0.6 is 0 Å². The zero-order chi connectivity index (χ0) is 34.7. The van der Waals surface area contributed by atoms with E-state index in [2.05, 4.69) is 13.8 Å². The second-order valence-electron chi connectivity index (χ2n) is 14.8. The monoisotopic (exact) mass is 671 g/mol. The summed E-state index contributed by atoms with van der Waals surface area (Å²) in [7, 11) is 6.14.